The van der Waals surface area contributed by atoms with E-state index in [1.807, 2.05) is 29.2 Å². The van der Waals surface area contributed by atoms with E-state index >= 15 is 0 Å². The average Bonchev–Trinajstić information content (AvgIpc) is 2.67. The minimum absolute atomic E-state index is 0.158. The number of piperazine rings is 1. The third-order valence-electron chi connectivity index (χ3n) is 4.30. The maximum Gasteiger partial charge on any atom is 0.266 e. The van der Waals surface area contributed by atoms with E-state index in [1.165, 1.54) is 5.56 Å². The predicted molar refractivity (Wildman–Crippen MR) is 104 cm³/mol. The highest BCUT2D eigenvalue weighted by atomic mass is 16.2. The van der Waals surface area contributed by atoms with Gasteiger partial charge < -0.3 is 9.80 Å². The molecule has 0 atom stereocenters. The van der Waals surface area contributed by atoms with Gasteiger partial charge in [0.05, 0.1) is 0 Å². The fourth-order valence-corrected chi connectivity index (χ4v) is 2.95. The summed E-state index contributed by atoms with van der Waals surface area (Å²) in [6.45, 7) is 12.3. The Kier molecular flexibility index (Phi) is 7.66. The van der Waals surface area contributed by atoms with Crippen LogP contribution in [0.2, 0.25) is 0 Å². The predicted octanol–water partition coefficient (Wildman–Crippen LogP) is 2.41. The SMILES string of the molecule is C=CCN(/C=C(/C#N)C(=O)N1CCN(Cc2ccccc2)CC1)CC=C. The summed E-state index contributed by atoms with van der Waals surface area (Å²) in [5.74, 6) is -0.204. The second-order valence-electron chi connectivity index (χ2n) is 6.24. The summed E-state index contributed by atoms with van der Waals surface area (Å²) >= 11 is 0. The molecule has 1 heterocycles. The van der Waals surface area contributed by atoms with Crippen LogP contribution < -0.4 is 0 Å². The van der Waals surface area contributed by atoms with Gasteiger partial charge in [-0.25, -0.2) is 0 Å². The molecular formula is C21H26N4O. The van der Waals surface area contributed by atoms with E-state index < -0.39 is 0 Å². The molecule has 1 amide bonds. The monoisotopic (exact) mass is 350 g/mol. The van der Waals surface area contributed by atoms with Crippen LogP contribution in [0.1, 0.15) is 5.56 Å². The number of nitriles is 1. The number of rotatable bonds is 8. The highest BCUT2D eigenvalue weighted by Crippen LogP contribution is 2.11. The van der Waals surface area contributed by atoms with Crippen molar-refractivity contribution in [1.29, 1.82) is 5.26 Å². The highest BCUT2D eigenvalue weighted by molar-refractivity contribution is 5.97. The van der Waals surface area contributed by atoms with E-state index in [1.54, 1.807) is 23.3 Å². The minimum atomic E-state index is -0.204. The maximum absolute atomic E-state index is 12.7. The molecule has 26 heavy (non-hydrogen) atoms. The van der Waals surface area contributed by atoms with Crippen LogP contribution in [0.15, 0.2) is 67.4 Å². The van der Waals surface area contributed by atoms with Crippen LogP contribution in [0.5, 0.6) is 0 Å². The Bertz CT molecular complexity index is 672. The van der Waals surface area contributed by atoms with Crippen molar-refractivity contribution in [3.63, 3.8) is 0 Å². The fourth-order valence-electron chi connectivity index (χ4n) is 2.95. The second-order valence-corrected chi connectivity index (χ2v) is 6.24. The summed E-state index contributed by atoms with van der Waals surface area (Å²) < 4.78 is 0. The van der Waals surface area contributed by atoms with Crippen molar-refractivity contribution >= 4 is 5.91 Å². The van der Waals surface area contributed by atoms with Gasteiger partial charge in [-0.2, -0.15) is 5.26 Å². The van der Waals surface area contributed by atoms with Crippen LogP contribution >= 0.6 is 0 Å². The first-order valence-electron chi connectivity index (χ1n) is 8.81. The van der Waals surface area contributed by atoms with Crippen LogP contribution in [0.4, 0.5) is 0 Å². The molecule has 0 unspecified atom stereocenters. The topological polar surface area (TPSA) is 50.6 Å². The first kappa shape index (κ1) is 19.5. The van der Waals surface area contributed by atoms with Gasteiger partial charge in [-0.1, -0.05) is 42.5 Å². The van der Waals surface area contributed by atoms with Crippen molar-refractivity contribution in [3.05, 3.63) is 73.0 Å². The molecule has 5 heteroatoms. The fraction of sp³-hybridized carbons (Fsp3) is 0.333. The van der Waals surface area contributed by atoms with E-state index in [2.05, 4.69) is 30.2 Å². The standard InChI is InChI=1S/C21H26N4O/c1-3-10-23(11-4-2)18-20(16-22)21(26)25-14-12-24(13-15-25)17-19-8-6-5-7-9-19/h3-9,18H,1-2,10-15,17H2/b20-18-. The zero-order chi connectivity index (χ0) is 18.8. The lowest BCUT2D eigenvalue weighted by Crippen LogP contribution is -2.48. The summed E-state index contributed by atoms with van der Waals surface area (Å²) in [4.78, 5) is 18.6. The number of nitrogens with zero attached hydrogens (tertiary/aromatic N) is 4. The molecule has 0 saturated carbocycles. The third-order valence-corrected chi connectivity index (χ3v) is 4.30. The quantitative estimate of drug-likeness (QED) is 0.410. The van der Waals surface area contributed by atoms with Crippen LogP contribution in [0, 0.1) is 11.3 Å². The zero-order valence-electron chi connectivity index (χ0n) is 15.2. The Morgan fingerprint density at radius 2 is 1.73 bits per heavy atom. The molecule has 1 aliphatic rings. The average molecular weight is 350 g/mol. The molecule has 0 aromatic heterocycles. The Morgan fingerprint density at radius 1 is 1.12 bits per heavy atom. The Hall–Kier alpha value is -2.84. The van der Waals surface area contributed by atoms with E-state index in [0.29, 0.717) is 26.2 Å². The molecule has 0 spiro atoms. The molecule has 1 saturated heterocycles. The van der Waals surface area contributed by atoms with Gasteiger partial charge in [0.15, 0.2) is 0 Å². The van der Waals surface area contributed by atoms with E-state index in [4.69, 9.17) is 0 Å². The number of amides is 1. The first-order valence-corrected chi connectivity index (χ1v) is 8.81. The molecule has 5 nitrogen and oxygen atoms in total. The van der Waals surface area contributed by atoms with Crippen molar-refractivity contribution in [2.45, 2.75) is 6.54 Å². The van der Waals surface area contributed by atoms with Gasteiger partial charge in [0, 0.05) is 52.0 Å². The molecule has 1 aromatic carbocycles. The zero-order valence-corrected chi connectivity index (χ0v) is 15.2. The summed E-state index contributed by atoms with van der Waals surface area (Å²) in [6, 6.07) is 12.4. The first-order chi connectivity index (χ1) is 12.7. The molecule has 0 N–H and O–H groups in total. The summed E-state index contributed by atoms with van der Waals surface area (Å²) in [5.41, 5.74) is 1.43. The molecule has 1 aromatic rings. The lowest BCUT2D eigenvalue weighted by atomic mass is 10.2. The van der Waals surface area contributed by atoms with Gasteiger partial charge in [0.25, 0.3) is 5.91 Å². The highest BCUT2D eigenvalue weighted by Gasteiger charge is 2.24. The van der Waals surface area contributed by atoms with E-state index in [0.717, 1.165) is 19.6 Å². The number of hydrogen-bond acceptors (Lipinski definition) is 4. The molecule has 0 aliphatic carbocycles. The number of carbonyl (C=O) groups is 1. The number of hydrogen-bond donors (Lipinski definition) is 0. The van der Waals surface area contributed by atoms with Crippen molar-refractivity contribution < 1.29 is 4.79 Å². The largest absolute Gasteiger partial charge is 0.369 e. The van der Waals surface area contributed by atoms with Gasteiger partial charge in [0.2, 0.25) is 0 Å². The van der Waals surface area contributed by atoms with Gasteiger partial charge in [0.1, 0.15) is 11.6 Å². The second kappa shape index (κ2) is 10.2. The van der Waals surface area contributed by atoms with Crippen LogP contribution in [0.3, 0.4) is 0 Å². The Labute approximate surface area is 156 Å². The normalized spacial score (nSPS) is 15.2. The summed E-state index contributed by atoms with van der Waals surface area (Å²) in [6.07, 6.45) is 5.09. The summed E-state index contributed by atoms with van der Waals surface area (Å²) in [7, 11) is 0. The van der Waals surface area contributed by atoms with Crippen molar-refractivity contribution in [1.82, 2.24) is 14.7 Å². The van der Waals surface area contributed by atoms with Crippen LogP contribution in [0.25, 0.3) is 0 Å². The number of benzene rings is 1. The third kappa shape index (κ3) is 5.61. The van der Waals surface area contributed by atoms with Crippen molar-refractivity contribution in [3.8, 4) is 6.07 Å². The van der Waals surface area contributed by atoms with Gasteiger partial charge in [-0.05, 0) is 5.56 Å². The molecule has 0 radical (unpaired) electrons. The molecule has 136 valence electrons. The van der Waals surface area contributed by atoms with Gasteiger partial charge >= 0.3 is 0 Å². The molecule has 1 fully saturated rings. The minimum Gasteiger partial charge on any atom is -0.369 e. The van der Waals surface area contributed by atoms with Gasteiger partial charge in [-0.15, -0.1) is 13.2 Å². The van der Waals surface area contributed by atoms with E-state index in [-0.39, 0.29) is 11.5 Å². The Balaban J connectivity index is 1.94. The van der Waals surface area contributed by atoms with E-state index in [9.17, 15) is 10.1 Å². The maximum atomic E-state index is 12.7. The van der Waals surface area contributed by atoms with Crippen LogP contribution in [-0.2, 0) is 11.3 Å². The van der Waals surface area contributed by atoms with Gasteiger partial charge in [-0.3, -0.25) is 9.69 Å². The van der Waals surface area contributed by atoms with Crippen LogP contribution in [-0.4, -0.2) is 59.9 Å². The lowest BCUT2D eigenvalue weighted by molar-refractivity contribution is -0.128. The molecule has 0 bridgehead atoms. The molecule has 2 rings (SSSR count). The Morgan fingerprint density at radius 3 is 2.27 bits per heavy atom. The molecular weight excluding hydrogens is 324 g/mol. The smallest absolute Gasteiger partial charge is 0.266 e. The number of carbonyl (C=O) groups excluding carboxylic acids is 1. The van der Waals surface area contributed by atoms with Crippen molar-refractivity contribution in [2.75, 3.05) is 39.3 Å². The summed E-state index contributed by atoms with van der Waals surface area (Å²) in [5, 5.41) is 9.40. The molecule has 1 aliphatic heterocycles. The van der Waals surface area contributed by atoms with Crippen molar-refractivity contribution in [2.24, 2.45) is 0 Å². The lowest BCUT2D eigenvalue weighted by Gasteiger charge is -2.34.